The number of benzene rings is 1. The van der Waals surface area contributed by atoms with Crippen LogP contribution in [0.15, 0.2) is 36.5 Å². The number of amides is 1. The number of halogens is 2. The van der Waals surface area contributed by atoms with Gasteiger partial charge in [0.15, 0.2) is 11.4 Å². The van der Waals surface area contributed by atoms with Crippen LogP contribution in [-0.2, 0) is 6.56 Å². The Balaban J connectivity index is 1.96. The quantitative estimate of drug-likeness (QED) is 0.554. The lowest BCUT2D eigenvalue weighted by Crippen LogP contribution is -2.38. The van der Waals surface area contributed by atoms with Gasteiger partial charge in [-0.1, -0.05) is 25.8 Å². The molecule has 30 heavy (non-hydrogen) atoms. The number of nitrogens with one attached hydrogen (secondary N) is 1. The van der Waals surface area contributed by atoms with Crippen molar-refractivity contribution in [2.45, 2.75) is 45.7 Å². The van der Waals surface area contributed by atoms with Gasteiger partial charge in [-0.25, -0.2) is 13.8 Å². The molecule has 0 saturated carbocycles. The first-order valence-corrected chi connectivity index (χ1v) is 9.72. The molecular formula is C22H25F2N3O3. The molecule has 0 aliphatic carbocycles. The number of aryl methyl sites for hydroxylation is 1. The number of ether oxygens (including phenoxy) is 1. The number of aliphatic hydroxyl groups is 1. The van der Waals surface area contributed by atoms with E-state index >= 15 is 0 Å². The van der Waals surface area contributed by atoms with Gasteiger partial charge >= 0.3 is 0 Å². The van der Waals surface area contributed by atoms with Crippen molar-refractivity contribution < 1.29 is 26.2 Å². The average molecular weight is 419 g/mol. The number of fused-ring (bicyclic) bond motifs is 1. The third-order valence-electron chi connectivity index (χ3n) is 4.69. The van der Waals surface area contributed by atoms with Crippen LogP contribution >= 0.6 is 0 Å². The highest BCUT2D eigenvalue weighted by Crippen LogP contribution is 2.24. The number of hydrogen-bond donors (Lipinski definition) is 2. The zero-order valence-corrected chi connectivity index (χ0v) is 16.8. The van der Waals surface area contributed by atoms with E-state index in [0.29, 0.717) is 12.1 Å². The molecule has 0 unspecified atom stereocenters. The number of imidazole rings is 1. The first-order chi connectivity index (χ1) is 15.2. The normalized spacial score (nSPS) is 13.6. The number of aliphatic hydroxyl groups excluding tert-OH is 1. The zero-order valence-electron chi connectivity index (χ0n) is 18.8. The standard InChI is InChI=1S/C22H25F2N3O3/c1-3-4-7-15(12-28)26-22(29)20-14(2)25-21-19(10-6-11-27(20)21)30-13-16-17(23)8-5-9-18(16)24/h5-6,8-11,15,28H,3-4,7,12-13H2,1-2H3,(H,26,29)/t15-/m1/s1/i13D2. The van der Waals surface area contributed by atoms with Crippen molar-refractivity contribution in [3.63, 3.8) is 0 Å². The largest absolute Gasteiger partial charge is 0.485 e. The molecule has 1 atom stereocenters. The highest BCUT2D eigenvalue weighted by Gasteiger charge is 2.21. The molecule has 2 heterocycles. The fourth-order valence-electron chi connectivity index (χ4n) is 3.12. The molecule has 3 rings (SSSR count). The molecule has 0 spiro atoms. The van der Waals surface area contributed by atoms with Crippen LogP contribution in [0.2, 0.25) is 0 Å². The van der Waals surface area contributed by atoms with Crippen LogP contribution in [0.5, 0.6) is 5.75 Å². The molecule has 6 nitrogen and oxygen atoms in total. The lowest BCUT2D eigenvalue weighted by molar-refractivity contribution is 0.0905. The molecule has 0 aliphatic heterocycles. The molecule has 2 N–H and O–H groups in total. The number of rotatable bonds is 9. The van der Waals surface area contributed by atoms with E-state index in [4.69, 9.17) is 7.48 Å². The summed E-state index contributed by atoms with van der Waals surface area (Å²) in [4.78, 5) is 17.2. The van der Waals surface area contributed by atoms with E-state index in [1.54, 1.807) is 13.1 Å². The number of unbranched alkanes of at least 4 members (excludes halogenated alkanes) is 1. The minimum absolute atomic E-state index is 0.0907. The van der Waals surface area contributed by atoms with Gasteiger partial charge in [-0.15, -0.1) is 0 Å². The van der Waals surface area contributed by atoms with Crippen molar-refractivity contribution in [2.24, 2.45) is 0 Å². The molecule has 0 radical (unpaired) electrons. The average Bonchev–Trinajstić information content (AvgIpc) is 3.07. The predicted molar refractivity (Wildman–Crippen MR) is 108 cm³/mol. The Kier molecular flexibility index (Phi) is 6.12. The van der Waals surface area contributed by atoms with Crippen LogP contribution in [0.3, 0.4) is 0 Å². The van der Waals surface area contributed by atoms with Gasteiger partial charge in [-0.05, 0) is 37.6 Å². The summed E-state index contributed by atoms with van der Waals surface area (Å²) in [7, 11) is 0. The second-order valence-electron chi connectivity index (χ2n) is 6.91. The first-order valence-electron chi connectivity index (χ1n) is 10.7. The van der Waals surface area contributed by atoms with Crippen molar-refractivity contribution in [1.82, 2.24) is 14.7 Å². The van der Waals surface area contributed by atoms with Crippen molar-refractivity contribution in [2.75, 3.05) is 6.61 Å². The highest BCUT2D eigenvalue weighted by atomic mass is 19.1. The summed E-state index contributed by atoms with van der Waals surface area (Å²) < 4.78 is 51.3. The second-order valence-corrected chi connectivity index (χ2v) is 6.91. The molecule has 8 heteroatoms. The Morgan fingerprint density at radius 3 is 2.73 bits per heavy atom. The van der Waals surface area contributed by atoms with Crippen LogP contribution < -0.4 is 10.1 Å². The summed E-state index contributed by atoms with van der Waals surface area (Å²) in [5.41, 5.74) is -0.198. The van der Waals surface area contributed by atoms with Crippen LogP contribution in [0, 0.1) is 18.6 Å². The van der Waals surface area contributed by atoms with Gasteiger partial charge < -0.3 is 15.2 Å². The highest BCUT2D eigenvalue weighted by molar-refractivity contribution is 5.95. The smallest absolute Gasteiger partial charge is 0.270 e. The minimum atomic E-state index is -2.83. The minimum Gasteiger partial charge on any atom is -0.485 e. The lowest BCUT2D eigenvalue weighted by Gasteiger charge is -2.16. The summed E-state index contributed by atoms with van der Waals surface area (Å²) in [6, 6.07) is 5.52. The molecular weight excluding hydrogens is 392 g/mol. The summed E-state index contributed by atoms with van der Waals surface area (Å²) in [6.45, 7) is 0.584. The maximum Gasteiger partial charge on any atom is 0.270 e. The van der Waals surface area contributed by atoms with E-state index < -0.39 is 35.7 Å². The van der Waals surface area contributed by atoms with Gasteiger partial charge in [-0.2, -0.15) is 0 Å². The number of hydrogen-bond acceptors (Lipinski definition) is 4. The Morgan fingerprint density at radius 1 is 1.33 bits per heavy atom. The lowest BCUT2D eigenvalue weighted by atomic mass is 10.1. The number of pyridine rings is 1. The van der Waals surface area contributed by atoms with Crippen LogP contribution in [-0.4, -0.2) is 33.0 Å². The van der Waals surface area contributed by atoms with Gasteiger partial charge in [0.1, 0.15) is 23.9 Å². The van der Waals surface area contributed by atoms with Gasteiger partial charge in [-0.3, -0.25) is 9.20 Å². The van der Waals surface area contributed by atoms with Crippen molar-refractivity contribution in [1.29, 1.82) is 0 Å². The Labute approximate surface area is 176 Å². The maximum absolute atomic E-state index is 14.1. The van der Waals surface area contributed by atoms with E-state index in [2.05, 4.69) is 10.3 Å². The summed E-state index contributed by atoms with van der Waals surface area (Å²) >= 11 is 0. The molecule has 0 saturated heterocycles. The van der Waals surface area contributed by atoms with Crippen LogP contribution in [0.25, 0.3) is 5.65 Å². The molecule has 160 valence electrons. The first kappa shape index (κ1) is 19.0. The number of carbonyl (C=O) groups is 1. The predicted octanol–water partition coefficient (Wildman–Crippen LogP) is 3.78. The summed E-state index contributed by atoms with van der Waals surface area (Å²) in [5.74, 6) is -2.70. The SMILES string of the molecule is [2H]C([2H])(Oc1cccn2c(C(=O)N[C@@H](CO)CCCC)c(C)nc12)c1c(F)cccc1F. The molecule has 0 aliphatic rings. The van der Waals surface area contributed by atoms with Gasteiger partial charge in [0.2, 0.25) is 0 Å². The molecule has 2 aromatic heterocycles. The monoisotopic (exact) mass is 419 g/mol. The molecule has 1 amide bonds. The zero-order chi connectivity index (χ0) is 23.5. The maximum atomic E-state index is 14.1. The van der Waals surface area contributed by atoms with E-state index in [1.165, 1.54) is 16.5 Å². The van der Waals surface area contributed by atoms with E-state index in [0.717, 1.165) is 31.0 Å². The third kappa shape index (κ3) is 4.59. The summed E-state index contributed by atoms with van der Waals surface area (Å²) in [6.07, 6.45) is 3.94. The van der Waals surface area contributed by atoms with Crippen molar-refractivity contribution in [3.05, 3.63) is 65.1 Å². The van der Waals surface area contributed by atoms with Gasteiger partial charge in [0.25, 0.3) is 5.91 Å². The fraction of sp³-hybridized carbons (Fsp3) is 0.364. The molecule has 1 aromatic carbocycles. The van der Waals surface area contributed by atoms with Gasteiger partial charge in [0.05, 0.1) is 26.6 Å². The number of nitrogens with zero attached hydrogens (tertiary/aromatic N) is 2. The van der Waals surface area contributed by atoms with E-state index in [-0.39, 0.29) is 23.7 Å². The Hall–Kier alpha value is -3.00. The second kappa shape index (κ2) is 9.67. The van der Waals surface area contributed by atoms with Crippen LogP contribution in [0.1, 0.15) is 50.7 Å². The van der Waals surface area contributed by atoms with E-state index in [1.807, 2.05) is 6.92 Å². The van der Waals surface area contributed by atoms with Gasteiger partial charge in [0, 0.05) is 6.20 Å². The van der Waals surface area contributed by atoms with Crippen molar-refractivity contribution >= 4 is 11.6 Å². The Bertz CT molecular complexity index is 1100. The van der Waals surface area contributed by atoms with Crippen molar-refractivity contribution in [3.8, 4) is 5.75 Å². The molecule has 3 aromatic rings. The number of aromatic nitrogens is 2. The topological polar surface area (TPSA) is 75.9 Å². The molecule has 0 fully saturated rings. The van der Waals surface area contributed by atoms with Crippen LogP contribution in [0.4, 0.5) is 8.78 Å². The third-order valence-corrected chi connectivity index (χ3v) is 4.69. The van der Waals surface area contributed by atoms with E-state index in [9.17, 15) is 18.7 Å². The fourth-order valence-corrected chi connectivity index (χ4v) is 3.12. The Morgan fingerprint density at radius 2 is 2.07 bits per heavy atom. The molecule has 0 bridgehead atoms. The number of carbonyl (C=O) groups excluding carboxylic acids is 1. The summed E-state index contributed by atoms with van der Waals surface area (Å²) in [5, 5.41) is 12.3.